The molecule has 1 unspecified atom stereocenters. The van der Waals surface area contributed by atoms with Crippen molar-refractivity contribution in [3.8, 4) is 0 Å². The summed E-state index contributed by atoms with van der Waals surface area (Å²) in [7, 11) is -0.600. The van der Waals surface area contributed by atoms with Crippen LogP contribution < -0.4 is 5.32 Å². The van der Waals surface area contributed by atoms with Gasteiger partial charge in [-0.2, -0.15) is 0 Å². The average molecular weight is 439 g/mol. The Hall–Kier alpha value is -2.94. The van der Waals surface area contributed by atoms with Gasteiger partial charge in [0.1, 0.15) is 0 Å². The number of carbonyl (C=O) groups is 1. The number of nitrogens with zero attached hydrogens (tertiary/aromatic N) is 3. The summed E-state index contributed by atoms with van der Waals surface area (Å²) in [5.74, 6) is -0.180. The maximum absolute atomic E-state index is 12.9. The molecular weight excluding hydrogens is 412 g/mol. The lowest BCUT2D eigenvalue weighted by Crippen LogP contribution is -2.42. The van der Waals surface area contributed by atoms with Gasteiger partial charge in [0.15, 0.2) is 0 Å². The highest BCUT2D eigenvalue weighted by Crippen LogP contribution is 2.32. The lowest BCUT2D eigenvalue weighted by Gasteiger charge is -2.36. The molecule has 1 amide bonds. The van der Waals surface area contributed by atoms with E-state index in [1.54, 1.807) is 12.1 Å². The van der Waals surface area contributed by atoms with E-state index in [-0.39, 0.29) is 23.4 Å². The number of carbonyl (C=O) groups excluding carboxylic acids is 1. The van der Waals surface area contributed by atoms with Crippen molar-refractivity contribution in [3.63, 3.8) is 0 Å². The van der Waals surface area contributed by atoms with Gasteiger partial charge < -0.3 is 9.88 Å². The van der Waals surface area contributed by atoms with Crippen LogP contribution in [0.5, 0.6) is 0 Å². The van der Waals surface area contributed by atoms with Crippen LogP contribution in [-0.4, -0.2) is 55.3 Å². The maximum atomic E-state index is 12.9. The fourth-order valence-corrected chi connectivity index (χ4v) is 4.90. The van der Waals surface area contributed by atoms with Crippen LogP contribution in [-0.2, 0) is 21.4 Å². The summed E-state index contributed by atoms with van der Waals surface area (Å²) in [4.78, 5) is 15.2. The summed E-state index contributed by atoms with van der Waals surface area (Å²) >= 11 is 0. The maximum Gasteiger partial charge on any atom is 0.242 e. The number of aromatic nitrogens is 1. The van der Waals surface area contributed by atoms with E-state index in [1.807, 2.05) is 24.3 Å². The van der Waals surface area contributed by atoms with Gasteiger partial charge in [-0.3, -0.25) is 9.69 Å². The van der Waals surface area contributed by atoms with E-state index >= 15 is 0 Å². The summed E-state index contributed by atoms with van der Waals surface area (Å²) in [6, 6.07) is 20.6. The molecule has 0 saturated heterocycles. The number of sulfonamides is 1. The molecule has 0 saturated carbocycles. The van der Waals surface area contributed by atoms with Gasteiger partial charge in [-0.25, -0.2) is 12.7 Å². The third-order valence-electron chi connectivity index (χ3n) is 5.50. The van der Waals surface area contributed by atoms with E-state index in [0.717, 1.165) is 28.7 Å². The summed E-state index contributed by atoms with van der Waals surface area (Å²) in [5, 5.41) is 2.86. The van der Waals surface area contributed by atoms with Crippen LogP contribution >= 0.6 is 0 Å². The first kappa shape index (κ1) is 21.3. The first-order chi connectivity index (χ1) is 14.9. The molecule has 1 aromatic heterocycles. The van der Waals surface area contributed by atoms with Crippen molar-refractivity contribution in [2.24, 2.45) is 0 Å². The van der Waals surface area contributed by atoms with Gasteiger partial charge in [0.05, 0.1) is 17.5 Å². The Bertz CT molecular complexity index is 1170. The SMILES string of the molecule is CN(C)S(=O)(=O)c1cccc(NC(=O)CN2CCn3cccc3C2c2ccccc2)c1. The first-order valence-corrected chi connectivity index (χ1v) is 11.6. The number of hydrogen-bond acceptors (Lipinski definition) is 4. The zero-order valence-electron chi connectivity index (χ0n) is 17.6. The van der Waals surface area contributed by atoms with E-state index in [1.165, 1.54) is 26.2 Å². The number of nitrogens with one attached hydrogen (secondary N) is 1. The molecule has 0 spiro atoms. The molecule has 8 heteroatoms. The number of anilines is 1. The molecule has 0 fully saturated rings. The van der Waals surface area contributed by atoms with Gasteiger partial charge in [-0.05, 0) is 35.9 Å². The second-order valence-electron chi connectivity index (χ2n) is 7.77. The van der Waals surface area contributed by atoms with Crippen molar-refractivity contribution in [1.29, 1.82) is 0 Å². The van der Waals surface area contributed by atoms with Gasteiger partial charge in [0.2, 0.25) is 15.9 Å². The molecule has 1 N–H and O–H groups in total. The highest BCUT2D eigenvalue weighted by Gasteiger charge is 2.30. The third-order valence-corrected chi connectivity index (χ3v) is 7.31. The fraction of sp³-hybridized carbons (Fsp3) is 0.261. The molecule has 2 aromatic carbocycles. The second kappa shape index (κ2) is 8.66. The molecule has 0 bridgehead atoms. The van der Waals surface area contributed by atoms with E-state index in [0.29, 0.717) is 5.69 Å². The molecule has 1 aliphatic rings. The molecular formula is C23H26N4O3S. The monoisotopic (exact) mass is 438 g/mol. The minimum Gasteiger partial charge on any atom is -0.348 e. The zero-order valence-corrected chi connectivity index (χ0v) is 18.4. The molecule has 31 heavy (non-hydrogen) atoms. The van der Waals surface area contributed by atoms with Gasteiger partial charge >= 0.3 is 0 Å². The van der Waals surface area contributed by atoms with Crippen LogP contribution in [0, 0.1) is 0 Å². The summed E-state index contributed by atoms with van der Waals surface area (Å²) in [6.07, 6.45) is 2.07. The Morgan fingerprint density at radius 1 is 1.03 bits per heavy atom. The summed E-state index contributed by atoms with van der Waals surface area (Å²) < 4.78 is 28.1. The van der Waals surface area contributed by atoms with Crippen molar-refractivity contribution < 1.29 is 13.2 Å². The predicted molar refractivity (Wildman–Crippen MR) is 120 cm³/mol. The van der Waals surface area contributed by atoms with Crippen molar-refractivity contribution >= 4 is 21.6 Å². The number of hydrogen-bond donors (Lipinski definition) is 1. The molecule has 0 radical (unpaired) electrons. The molecule has 0 aliphatic carbocycles. The lowest BCUT2D eigenvalue weighted by molar-refractivity contribution is -0.117. The van der Waals surface area contributed by atoms with Crippen LogP contribution in [0.1, 0.15) is 17.3 Å². The van der Waals surface area contributed by atoms with E-state index in [9.17, 15) is 13.2 Å². The van der Waals surface area contributed by atoms with Crippen LogP contribution in [0.25, 0.3) is 0 Å². The summed E-state index contributed by atoms with van der Waals surface area (Å²) in [5.41, 5.74) is 2.75. The lowest BCUT2D eigenvalue weighted by atomic mass is 10.00. The number of benzene rings is 2. The number of amides is 1. The fourth-order valence-electron chi connectivity index (χ4n) is 3.95. The van der Waals surface area contributed by atoms with E-state index in [2.05, 4.69) is 39.2 Å². The van der Waals surface area contributed by atoms with Gasteiger partial charge in [-0.15, -0.1) is 0 Å². The minimum atomic E-state index is -3.57. The topological polar surface area (TPSA) is 74.7 Å². The van der Waals surface area contributed by atoms with Crippen LogP contribution in [0.15, 0.2) is 77.8 Å². The van der Waals surface area contributed by atoms with Crippen LogP contribution in [0.3, 0.4) is 0 Å². The Kier molecular flexibility index (Phi) is 5.95. The van der Waals surface area contributed by atoms with Gasteiger partial charge in [0, 0.05) is 44.8 Å². The minimum absolute atomic E-state index is 0.0175. The normalized spacial score (nSPS) is 16.8. The van der Waals surface area contributed by atoms with Crippen molar-refractivity contribution in [3.05, 3.63) is 84.2 Å². The van der Waals surface area contributed by atoms with Crippen molar-refractivity contribution in [2.75, 3.05) is 32.5 Å². The first-order valence-electron chi connectivity index (χ1n) is 10.1. The molecule has 1 atom stereocenters. The quantitative estimate of drug-likeness (QED) is 0.642. The molecule has 3 aromatic rings. The largest absolute Gasteiger partial charge is 0.348 e. The van der Waals surface area contributed by atoms with Crippen molar-refractivity contribution in [2.45, 2.75) is 17.5 Å². The Morgan fingerprint density at radius 2 is 1.81 bits per heavy atom. The Labute approximate surface area is 183 Å². The van der Waals surface area contributed by atoms with E-state index in [4.69, 9.17) is 0 Å². The average Bonchev–Trinajstić information content (AvgIpc) is 3.23. The molecule has 1 aliphatic heterocycles. The van der Waals surface area contributed by atoms with Crippen LogP contribution in [0.4, 0.5) is 5.69 Å². The second-order valence-corrected chi connectivity index (χ2v) is 9.93. The molecule has 7 nitrogen and oxygen atoms in total. The molecule has 162 valence electrons. The zero-order chi connectivity index (χ0) is 22.0. The molecule has 4 rings (SSSR count). The Balaban J connectivity index is 1.53. The number of rotatable bonds is 6. The smallest absolute Gasteiger partial charge is 0.242 e. The standard InChI is InChI=1S/C23H26N4O3S/c1-25(2)31(29,30)20-11-6-10-19(16-20)24-22(28)17-27-15-14-26-13-7-12-21(26)23(27)18-8-4-3-5-9-18/h3-13,16,23H,14-15,17H2,1-2H3,(H,24,28). The van der Waals surface area contributed by atoms with Crippen molar-refractivity contribution in [1.82, 2.24) is 13.8 Å². The molecule has 2 heterocycles. The Morgan fingerprint density at radius 3 is 2.55 bits per heavy atom. The van der Waals surface area contributed by atoms with Gasteiger partial charge in [0.25, 0.3) is 0 Å². The highest BCUT2D eigenvalue weighted by molar-refractivity contribution is 7.89. The van der Waals surface area contributed by atoms with Gasteiger partial charge in [-0.1, -0.05) is 36.4 Å². The third kappa shape index (κ3) is 4.41. The van der Waals surface area contributed by atoms with Crippen LogP contribution in [0.2, 0.25) is 0 Å². The highest BCUT2D eigenvalue weighted by atomic mass is 32.2. The summed E-state index contributed by atoms with van der Waals surface area (Å²) in [6.45, 7) is 1.76. The van der Waals surface area contributed by atoms with E-state index < -0.39 is 10.0 Å². The predicted octanol–water partition coefficient (Wildman–Crippen LogP) is 2.78. The number of fused-ring (bicyclic) bond motifs is 1.